The smallest absolute Gasteiger partial charge is 0.102 e. The molecule has 78 valence electrons. The lowest BCUT2D eigenvalue weighted by Crippen LogP contribution is -1.88. The number of nitriles is 2. The van der Waals surface area contributed by atoms with Crippen LogP contribution in [0.4, 0.5) is 0 Å². The van der Waals surface area contributed by atoms with Crippen molar-refractivity contribution in [3.8, 4) is 12.1 Å². The van der Waals surface area contributed by atoms with Gasteiger partial charge in [0.05, 0.1) is 19.6 Å². The second-order valence-corrected chi connectivity index (χ2v) is 6.75. The normalized spacial score (nSPS) is 17.4. The Morgan fingerprint density at radius 3 is 1.31 bits per heavy atom. The quantitative estimate of drug-likeness (QED) is 0.665. The molecular weight excluding hydrogens is 276 g/mol. The lowest BCUT2D eigenvalue weighted by molar-refractivity contribution is 1.44. The highest BCUT2D eigenvalue weighted by molar-refractivity contribution is 8.28. The van der Waals surface area contributed by atoms with Crippen LogP contribution >= 0.6 is 47.0 Å². The van der Waals surface area contributed by atoms with Crippen LogP contribution in [-0.2, 0) is 0 Å². The Morgan fingerprint density at radius 2 is 1.06 bits per heavy atom. The minimum absolute atomic E-state index is 0.487. The fraction of sp³-hybridized carbons (Fsp3) is 0. The number of hydrogen-bond donors (Lipinski definition) is 0. The number of thioether (sulfide) groups is 4. The van der Waals surface area contributed by atoms with E-state index in [4.69, 9.17) is 10.5 Å². The van der Waals surface area contributed by atoms with Gasteiger partial charge in [-0.3, -0.25) is 0 Å². The van der Waals surface area contributed by atoms with Crippen molar-refractivity contribution in [3.05, 3.63) is 41.3 Å². The van der Waals surface area contributed by atoms with E-state index in [-0.39, 0.29) is 0 Å². The van der Waals surface area contributed by atoms with Gasteiger partial charge in [0, 0.05) is 0 Å². The van der Waals surface area contributed by atoms with Crippen LogP contribution in [0.25, 0.3) is 0 Å². The fourth-order valence-electron chi connectivity index (χ4n) is 1.06. The molecule has 6 heteroatoms. The van der Waals surface area contributed by atoms with Crippen LogP contribution in [0.5, 0.6) is 0 Å². The molecular formula is C10H4N2S4. The maximum atomic E-state index is 9.16. The largest absolute Gasteiger partial charge is 0.192 e. The van der Waals surface area contributed by atoms with Crippen LogP contribution in [0.2, 0.25) is 0 Å². The van der Waals surface area contributed by atoms with E-state index in [0.717, 1.165) is 8.47 Å². The third kappa shape index (κ3) is 2.36. The van der Waals surface area contributed by atoms with Gasteiger partial charge in [-0.15, -0.1) is 0 Å². The van der Waals surface area contributed by atoms with Crippen molar-refractivity contribution in [2.24, 2.45) is 0 Å². The van der Waals surface area contributed by atoms with Gasteiger partial charge in [-0.2, -0.15) is 10.5 Å². The lowest BCUT2D eigenvalue weighted by atomic mass is 10.2. The third-order valence-corrected chi connectivity index (χ3v) is 5.95. The van der Waals surface area contributed by atoms with Crippen molar-refractivity contribution in [1.82, 2.24) is 0 Å². The van der Waals surface area contributed by atoms with Gasteiger partial charge < -0.3 is 0 Å². The molecule has 0 saturated heterocycles. The predicted molar refractivity (Wildman–Crippen MR) is 73.9 cm³/mol. The summed E-state index contributed by atoms with van der Waals surface area (Å²) in [6, 6.07) is 4.27. The molecule has 0 aliphatic carbocycles. The van der Waals surface area contributed by atoms with Crippen molar-refractivity contribution < 1.29 is 0 Å². The summed E-state index contributed by atoms with van der Waals surface area (Å²) < 4.78 is 1.78. The summed E-state index contributed by atoms with van der Waals surface area (Å²) in [6.45, 7) is 0. The monoisotopic (exact) mass is 280 g/mol. The molecule has 0 aromatic rings. The standard InChI is InChI=1S/C10H4N2S4/c11-5-7(9-13-1-2-14-9)8(6-12)10-15-3-4-16-10/h1-4H. The molecule has 0 saturated carbocycles. The van der Waals surface area contributed by atoms with Gasteiger partial charge >= 0.3 is 0 Å². The zero-order valence-corrected chi connectivity index (χ0v) is 11.1. The van der Waals surface area contributed by atoms with Crippen LogP contribution in [0, 0.1) is 22.7 Å². The van der Waals surface area contributed by atoms with Gasteiger partial charge in [0.1, 0.15) is 12.1 Å². The molecule has 0 atom stereocenters. The summed E-state index contributed by atoms with van der Waals surface area (Å²) in [4.78, 5) is 0. The van der Waals surface area contributed by atoms with Gasteiger partial charge in [0.2, 0.25) is 0 Å². The Hall–Kier alpha value is -0.660. The van der Waals surface area contributed by atoms with E-state index in [1.165, 1.54) is 47.0 Å². The molecule has 0 fully saturated rings. The fourth-order valence-corrected chi connectivity index (χ4v) is 4.61. The molecule has 16 heavy (non-hydrogen) atoms. The summed E-state index contributed by atoms with van der Waals surface area (Å²) in [6.07, 6.45) is 0. The van der Waals surface area contributed by atoms with Gasteiger partial charge in [-0.1, -0.05) is 47.0 Å². The van der Waals surface area contributed by atoms with E-state index >= 15 is 0 Å². The Balaban J connectivity index is 2.42. The van der Waals surface area contributed by atoms with E-state index in [9.17, 15) is 0 Å². The lowest BCUT2D eigenvalue weighted by Gasteiger charge is -2.03. The third-order valence-electron chi connectivity index (χ3n) is 1.69. The molecule has 2 aliphatic rings. The Morgan fingerprint density at radius 1 is 0.750 bits per heavy atom. The van der Waals surface area contributed by atoms with Crippen LogP contribution in [0.1, 0.15) is 0 Å². The van der Waals surface area contributed by atoms with E-state index in [1.54, 1.807) is 0 Å². The average molecular weight is 280 g/mol. The summed E-state index contributed by atoms with van der Waals surface area (Å²) in [5.41, 5.74) is 0.974. The molecule has 0 aromatic carbocycles. The van der Waals surface area contributed by atoms with Gasteiger partial charge in [-0.05, 0) is 21.6 Å². The molecule has 0 unspecified atom stereocenters. The van der Waals surface area contributed by atoms with Crippen molar-refractivity contribution in [3.63, 3.8) is 0 Å². The van der Waals surface area contributed by atoms with E-state index in [1.807, 2.05) is 21.6 Å². The molecule has 0 bridgehead atoms. The van der Waals surface area contributed by atoms with Crippen molar-refractivity contribution in [2.75, 3.05) is 0 Å². The highest BCUT2D eigenvalue weighted by atomic mass is 32.2. The maximum Gasteiger partial charge on any atom is 0.102 e. The minimum atomic E-state index is 0.487. The first kappa shape index (κ1) is 11.8. The molecule has 2 rings (SSSR count). The number of allylic oxidation sites excluding steroid dienone is 2. The van der Waals surface area contributed by atoms with Gasteiger partial charge in [0.15, 0.2) is 0 Å². The molecule has 0 radical (unpaired) electrons. The molecule has 0 aromatic heterocycles. The van der Waals surface area contributed by atoms with Crippen molar-refractivity contribution in [2.45, 2.75) is 0 Å². The second kappa shape index (κ2) is 5.60. The van der Waals surface area contributed by atoms with Crippen molar-refractivity contribution >= 4 is 47.0 Å². The second-order valence-electron chi connectivity index (χ2n) is 2.56. The molecule has 0 N–H and O–H groups in total. The average Bonchev–Trinajstić information content (AvgIpc) is 2.97. The Bertz CT molecular complexity index is 446. The Kier molecular flexibility index (Phi) is 4.14. The van der Waals surface area contributed by atoms with E-state index in [2.05, 4.69) is 12.1 Å². The molecule has 0 spiro atoms. The maximum absolute atomic E-state index is 9.16. The van der Waals surface area contributed by atoms with Gasteiger partial charge in [0.25, 0.3) is 0 Å². The van der Waals surface area contributed by atoms with E-state index in [0.29, 0.717) is 11.1 Å². The van der Waals surface area contributed by atoms with Crippen LogP contribution in [0.3, 0.4) is 0 Å². The molecule has 2 aliphatic heterocycles. The van der Waals surface area contributed by atoms with Crippen LogP contribution in [0.15, 0.2) is 41.3 Å². The van der Waals surface area contributed by atoms with Crippen LogP contribution < -0.4 is 0 Å². The highest BCUT2D eigenvalue weighted by Crippen LogP contribution is 2.46. The number of rotatable bonds is 1. The molecule has 0 amide bonds. The van der Waals surface area contributed by atoms with Crippen molar-refractivity contribution in [1.29, 1.82) is 10.5 Å². The topological polar surface area (TPSA) is 47.6 Å². The first-order valence-corrected chi connectivity index (χ1v) is 7.64. The first-order chi connectivity index (χ1) is 7.86. The van der Waals surface area contributed by atoms with Gasteiger partial charge in [-0.25, -0.2) is 0 Å². The molecule has 2 heterocycles. The molecule has 2 nitrogen and oxygen atoms in total. The Labute approximate surface area is 111 Å². The minimum Gasteiger partial charge on any atom is -0.192 e. The zero-order chi connectivity index (χ0) is 11.4. The predicted octanol–water partition coefficient (Wildman–Crippen LogP) is 4.36. The van der Waals surface area contributed by atoms with Crippen LogP contribution in [-0.4, -0.2) is 0 Å². The van der Waals surface area contributed by atoms with E-state index < -0.39 is 0 Å². The summed E-state index contributed by atoms with van der Waals surface area (Å²) in [7, 11) is 0. The summed E-state index contributed by atoms with van der Waals surface area (Å²) in [5, 5.41) is 26.0. The number of nitrogens with zero attached hydrogens (tertiary/aromatic N) is 2. The summed E-state index contributed by atoms with van der Waals surface area (Å²) in [5.74, 6) is 0. The summed E-state index contributed by atoms with van der Waals surface area (Å²) >= 11 is 5.97. The SMILES string of the molecule is N#CC(=C1SC=CS1)C(C#N)=C1SC=CS1. The zero-order valence-electron chi connectivity index (χ0n) is 7.84. The highest BCUT2D eigenvalue weighted by Gasteiger charge is 2.19. The first-order valence-electron chi connectivity index (χ1n) is 4.12. The number of hydrogen-bond acceptors (Lipinski definition) is 6.